The molecule has 0 aliphatic heterocycles. The first-order chi connectivity index (χ1) is 4.61. The molecule has 0 spiro atoms. The fourth-order valence-electron chi connectivity index (χ4n) is 0.562. The molecule has 0 unspecified atom stereocenters. The van der Waals surface area contributed by atoms with E-state index in [0.29, 0.717) is 0 Å². The highest BCUT2D eigenvalue weighted by Gasteiger charge is 2.06. The van der Waals surface area contributed by atoms with Crippen LogP contribution < -0.4 is 0 Å². The van der Waals surface area contributed by atoms with Crippen molar-refractivity contribution in [3.63, 3.8) is 0 Å². The second kappa shape index (κ2) is 2.28. The van der Waals surface area contributed by atoms with Gasteiger partial charge in [-0.05, 0) is 13.8 Å². The highest BCUT2D eigenvalue weighted by Crippen LogP contribution is 2.05. The molecule has 0 atom stereocenters. The zero-order valence-electron chi connectivity index (χ0n) is 5.65. The van der Waals surface area contributed by atoms with Crippen LogP contribution in [0.5, 0.6) is 0 Å². The van der Waals surface area contributed by atoms with Crippen molar-refractivity contribution in [3.8, 4) is 0 Å². The number of nitrogens with zero attached hydrogens (tertiary/aromatic N) is 2. The van der Waals surface area contributed by atoms with Gasteiger partial charge >= 0.3 is 0 Å². The van der Waals surface area contributed by atoms with Gasteiger partial charge in [0.05, 0.1) is 5.56 Å². The normalized spacial score (nSPS) is 10.0. The molecule has 0 aromatic carbocycles. The third-order valence-electron chi connectivity index (χ3n) is 1.14. The van der Waals surface area contributed by atoms with E-state index >= 15 is 0 Å². The molecule has 0 fully saturated rings. The molecule has 0 saturated heterocycles. The van der Waals surface area contributed by atoms with Gasteiger partial charge in [-0.2, -0.15) is 8.78 Å². The molecular formula is C6H6F2N2. The molecule has 1 rings (SSSR count). The lowest BCUT2D eigenvalue weighted by molar-refractivity contribution is 0.503. The van der Waals surface area contributed by atoms with Crippen LogP contribution in [0.2, 0.25) is 0 Å². The fourth-order valence-corrected chi connectivity index (χ4v) is 0.562. The SMILES string of the molecule is Cc1nc(F)c(C)c(F)n1. The van der Waals surface area contributed by atoms with Gasteiger partial charge in [-0.25, -0.2) is 9.97 Å². The Bertz CT molecular complexity index is 237. The van der Waals surface area contributed by atoms with Gasteiger partial charge in [0.2, 0.25) is 11.9 Å². The predicted octanol–water partition coefficient (Wildman–Crippen LogP) is 1.37. The van der Waals surface area contributed by atoms with Gasteiger partial charge in [0, 0.05) is 0 Å². The Kier molecular flexibility index (Phi) is 1.61. The van der Waals surface area contributed by atoms with Crippen molar-refractivity contribution in [3.05, 3.63) is 23.3 Å². The molecule has 1 aromatic rings. The Morgan fingerprint density at radius 2 is 1.40 bits per heavy atom. The van der Waals surface area contributed by atoms with E-state index in [9.17, 15) is 8.78 Å². The second-order valence-electron chi connectivity index (χ2n) is 1.98. The van der Waals surface area contributed by atoms with Gasteiger partial charge in [-0.1, -0.05) is 0 Å². The average molecular weight is 144 g/mol. The van der Waals surface area contributed by atoms with Gasteiger partial charge in [0.1, 0.15) is 5.82 Å². The summed E-state index contributed by atoms with van der Waals surface area (Å²) in [6.07, 6.45) is 0. The maximum absolute atomic E-state index is 12.4. The number of hydrogen-bond donors (Lipinski definition) is 0. The van der Waals surface area contributed by atoms with Gasteiger partial charge in [0.15, 0.2) is 0 Å². The number of halogens is 2. The predicted molar refractivity (Wildman–Crippen MR) is 31.4 cm³/mol. The fraction of sp³-hybridized carbons (Fsp3) is 0.333. The summed E-state index contributed by atoms with van der Waals surface area (Å²) in [5, 5.41) is 0. The smallest absolute Gasteiger partial charge is 0.204 e. The third-order valence-corrected chi connectivity index (χ3v) is 1.14. The minimum atomic E-state index is -0.787. The highest BCUT2D eigenvalue weighted by molar-refractivity contribution is 5.06. The topological polar surface area (TPSA) is 25.8 Å². The Morgan fingerprint density at radius 1 is 1.00 bits per heavy atom. The zero-order valence-corrected chi connectivity index (χ0v) is 5.65. The molecule has 0 bridgehead atoms. The number of aryl methyl sites for hydroxylation is 1. The molecule has 0 aliphatic carbocycles. The van der Waals surface area contributed by atoms with E-state index in [4.69, 9.17) is 0 Å². The minimum absolute atomic E-state index is 0.112. The van der Waals surface area contributed by atoms with E-state index in [1.807, 2.05) is 0 Å². The van der Waals surface area contributed by atoms with Crippen molar-refractivity contribution in [1.82, 2.24) is 9.97 Å². The van der Waals surface area contributed by atoms with Crippen LogP contribution in [-0.4, -0.2) is 9.97 Å². The highest BCUT2D eigenvalue weighted by atomic mass is 19.1. The van der Waals surface area contributed by atoms with Crippen molar-refractivity contribution >= 4 is 0 Å². The van der Waals surface area contributed by atoms with Crippen LogP contribution in [0.25, 0.3) is 0 Å². The van der Waals surface area contributed by atoms with Crippen LogP contribution in [0.15, 0.2) is 0 Å². The summed E-state index contributed by atoms with van der Waals surface area (Å²) in [7, 11) is 0. The maximum Gasteiger partial charge on any atom is 0.222 e. The molecule has 1 heterocycles. The first kappa shape index (κ1) is 7.05. The van der Waals surface area contributed by atoms with Crippen LogP contribution in [-0.2, 0) is 0 Å². The van der Waals surface area contributed by atoms with Crippen molar-refractivity contribution in [2.24, 2.45) is 0 Å². The van der Waals surface area contributed by atoms with Crippen molar-refractivity contribution < 1.29 is 8.78 Å². The van der Waals surface area contributed by atoms with E-state index < -0.39 is 11.9 Å². The molecule has 54 valence electrons. The summed E-state index contributed by atoms with van der Waals surface area (Å²) in [5.74, 6) is -1.46. The Balaban J connectivity index is 3.31. The molecule has 0 amide bonds. The third kappa shape index (κ3) is 1.10. The summed E-state index contributed by atoms with van der Waals surface area (Å²) in [4.78, 5) is 6.63. The Morgan fingerprint density at radius 3 is 1.80 bits per heavy atom. The van der Waals surface area contributed by atoms with Crippen LogP contribution in [0.4, 0.5) is 8.78 Å². The standard InChI is InChI=1S/C6H6F2N2/c1-3-5(7)9-4(2)10-6(3)8/h1-2H3. The van der Waals surface area contributed by atoms with Crippen LogP contribution in [0.1, 0.15) is 11.4 Å². The Labute approximate surface area is 56.9 Å². The number of rotatable bonds is 0. The van der Waals surface area contributed by atoms with E-state index in [2.05, 4.69) is 9.97 Å². The second-order valence-corrected chi connectivity index (χ2v) is 1.98. The van der Waals surface area contributed by atoms with E-state index in [1.54, 1.807) is 0 Å². The average Bonchev–Trinajstić information content (AvgIpc) is 1.82. The number of aromatic nitrogens is 2. The zero-order chi connectivity index (χ0) is 7.72. The molecule has 0 radical (unpaired) electrons. The lowest BCUT2D eigenvalue weighted by atomic mass is 10.4. The quantitative estimate of drug-likeness (QED) is 0.514. The maximum atomic E-state index is 12.4. The van der Waals surface area contributed by atoms with Gasteiger partial charge in [0.25, 0.3) is 0 Å². The summed E-state index contributed by atoms with van der Waals surface area (Å²) >= 11 is 0. The minimum Gasteiger partial charge on any atom is -0.204 e. The first-order valence-electron chi connectivity index (χ1n) is 2.77. The summed E-state index contributed by atoms with van der Waals surface area (Å²) in [6.45, 7) is 2.73. The van der Waals surface area contributed by atoms with Crippen LogP contribution in [0.3, 0.4) is 0 Å². The van der Waals surface area contributed by atoms with Gasteiger partial charge < -0.3 is 0 Å². The van der Waals surface area contributed by atoms with E-state index in [-0.39, 0.29) is 11.4 Å². The monoisotopic (exact) mass is 144 g/mol. The molecule has 0 aliphatic rings. The lowest BCUT2D eigenvalue weighted by Gasteiger charge is -1.96. The van der Waals surface area contributed by atoms with E-state index in [1.165, 1.54) is 13.8 Å². The summed E-state index contributed by atoms with van der Waals surface area (Å²) in [6, 6.07) is 0. The van der Waals surface area contributed by atoms with Gasteiger partial charge in [-0.15, -0.1) is 0 Å². The van der Waals surface area contributed by atoms with Crippen LogP contribution >= 0.6 is 0 Å². The molecule has 1 aromatic heterocycles. The van der Waals surface area contributed by atoms with Crippen molar-refractivity contribution in [2.75, 3.05) is 0 Å². The molecule has 4 heteroatoms. The largest absolute Gasteiger partial charge is 0.222 e. The summed E-state index contributed by atoms with van der Waals surface area (Å²) < 4.78 is 24.9. The van der Waals surface area contributed by atoms with Gasteiger partial charge in [-0.3, -0.25) is 0 Å². The number of hydrogen-bond acceptors (Lipinski definition) is 2. The molecule has 2 nitrogen and oxygen atoms in total. The first-order valence-corrected chi connectivity index (χ1v) is 2.77. The summed E-state index contributed by atoms with van der Waals surface area (Å²) in [5.41, 5.74) is -0.134. The molecule has 10 heavy (non-hydrogen) atoms. The van der Waals surface area contributed by atoms with Crippen LogP contribution in [0, 0.1) is 25.7 Å². The van der Waals surface area contributed by atoms with E-state index in [0.717, 1.165) is 0 Å². The van der Waals surface area contributed by atoms with Crippen molar-refractivity contribution in [1.29, 1.82) is 0 Å². The molecule has 0 saturated carbocycles. The lowest BCUT2D eigenvalue weighted by Crippen LogP contribution is -1.99. The molecule has 0 N–H and O–H groups in total. The van der Waals surface area contributed by atoms with Crippen molar-refractivity contribution in [2.45, 2.75) is 13.8 Å². The molecular weight excluding hydrogens is 138 g/mol. The Hall–Kier alpha value is -1.06.